The van der Waals surface area contributed by atoms with Crippen molar-refractivity contribution in [3.05, 3.63) is 29.8 Å². The van der Waals surface area contributed by atoms with Gasteiger partial charge in [0.1, 0.15) is 11.6 Å². The predicted molar refractivity (Wildman–Crippen MR) is 76.7 cm³/mol. The van der Waals surface area contributed by atoms with Gasteiger partial charge in [0.05, 0.1) is 31.4 Å². The van der Waals surface area contributed by atoms with Gasteiger partial charge in [0.25, 0.3) is 0 Å². The molecule has 0 atom stereocenters. The lowest BCUT2D eigenvalue weighted by atomic mass is 10.1. The van der Waals surface area contributed by atoms with E-state index in [0.29, 0.717) is 18.8 Å². The van der Waals surface area contributed by atoms with E-state index in [1.807, 2.05) is 24.3 Å². The second-order valence-corrected chi connectivity index (χ2v) is 4.68. The lowest BCUT2D eigenvalue weighted by Crippen LogP contribution is -2.37. The number of morpholine rings is 1. The molecule has 3 rings (SSSR count). The number of nitrogens with zero attached hydrogens (tertiary/aromatic N) is 2. The number of hydrogen-bond donors (Lipinski definition) is 0. The number of anilines is 1. The molecular weight excluding hydrogens is 256 g/mol. The molecule has 5 nitrogen and oxygen atoms in total. The van der Waals surface area contributed by atoms with Gasteiger partial charge < -0.3 is 14.4 Å². The monoisotopic (exact) mass is 272 g/mol. The fraction of sp³-hybridized carbons (Fsp3) is 0.333. The highest BCUT2D eigenvalue weighted by Crippen LogP contribution is 2.26. The summed E-state index contributed by atoms with van der Waals surface area (Å²) in [5.41, 5.74) is 1.45. The summed E-state index contributed by atoms with van der Waals surface area (Å²) in [7, 11) is 1.63. The molecule has 0 saturated carbocycles. The van der Waals surface area contributed by atoms with Crippen molar-refractivity contribution in [2.75, 3.05) is 38.3 Å². The minimum absolute atomic E-state index is 0.615. The number of fused-ring (bicyclic) bond motifs is 1. The van der Waals surface area contributed by atoms with Crippen LogP contribution in [0.3, 0.4) is 0 Å². The Hall–Kier alpha value is -2.14. The molecule has 1 saturated heterocycles. The van der Waals surface area contributed by atoms with Crippen LogP contribution in [0.25, 0.3) is 10.9 Å². The van der Waals surface area contributed by atoms with Crippen molar-refractivity contribution in [1.82, 2.24) is 4.98 Å². The first-order chi connectivity index (χ1) is 9.81. The average molecular weight is 272 g/mol. The molecule has 0 N–H and O–H groups in total. The number of rotatable bonds is 3. The van der Waals surface area contributed by atoms with E-state index in [-0.39, 0.29) is 0 Å². The van der Waals surface area contributed by atoms with Crippen molar-refractivity contribution in [3.8, 4) is 5.75 Å². The SMILES string of the molecule is COc1ccc2cc(C=O)c(N3CCOCC3)nc2c1. The number of hydrogen-bond acceptors (Lipinski definition) is 5. The van der Waals surface area contributed by atoms with Gasteiger partial charge in [0.15, 0.2) is 6.29 Å². The second kappa shape index (κ2) is 5.46. The largest absolute Gasteiger partial charge is 0.497 e. The molecule has 0 spiro atoms. The molecule has 1 fully saturated rings. The fourth-order valence-electron chi connectivity index (χ4n) is 2.40. The Bertz CT molecular complexity index is 636. The zero-order chi connectivity index (χ0) is 13.9. The van der Waals surface area contributed by atoms with Crippen LogP contribution in [-0.2, 0) is 4.74 Å². The molecule has 0 aliphatic carbocycles. The molecule has 0 amide bonds. The third kappa shape index (κ3) is 2.32. The average Bonchev–Trinajstić information content (AvgIpc) is 2.53. The number of benzene rings is 1. The Morgan fingerprint density at radius 2 is 2.10 bits per heavy atom. The van der Waals surface area contributed by atoms with Crippen LogP contribution in [0.15, 0.2) is 24.3 Å². The van der Waals surface area contributed by atoms with Crippen molar-refractivity contribution < 1.29 is 14.3 Å². The van der Waals surface area contributed by atoms with E-state index in [0.717, 1.165) is 41.8 Å². The van der Waals surface area contributed by atoms with Crippen LogP contribution in [0.1, 0.15) is 10.4 Å². The maximum Gasteiger partial charge on any atom is 0.153 e. The Balaban J connectivity index is 2.10. The van der Waals surface area contributed by atoms with Gasteiger partial charge in [0, 0.05) is 24.5 Å². The number of ether oxygens (including phenoxy) is 2. The molecule has 0 bridgehead atoms. The summed E-state index contributed by atoms with van der Waals surface area (Å²) >= 11 is 0. The summed E-state index contributed by atoms with van der Waals surface area (Å²) < 4.78 is 10.6. The van der Waals surface area contributed by atoms with E-state index in [1.165, 1.54) is 0 Å². The van der Waals surface area contributed by atoms with Crippen LogP contribution in [0.2, 0.25) is 0 Å². The minimum Gasteiger partial charge on any atom is -0.497 e. The zero-order valence-corrected chi connectivity index (χ0v) is 11.3. The van der Waals surface area contributed by atoms with Crippen LogP contribution in [-0.4, -0.2) is 44.7 Å². The first-order valence-corrected chi connectivity index (χ1v) is 6.58. The standard InChI is InChI=1S/C15H16N2O3/c1-19-13-3-2-11-8-12(10-18)15(16-14(11)9-13)17-4-6-20-7-5-17/h2-3,8-10H,4-7H2,1H3. The van der Waals surface area contributed by atoms with Gasteiger partial charge in [-0.05, 0) is 18.2 Å². The van der Waals surface area contributed by atoms with E-state index in [1.54, 1.807) is 7.11 Å². The molecular formula is C15H16N2O3. The van der Waals surface area contributed by atoms with Gasteiger partial charge in [-0.15, -0.1) is 0 Å². The van der Waals surface area contributed by atoms with E-state index in [4.69, 9.17) is 9.47 Å². The summed E-state index contributed by atoms with van der Waals surface area (Å²) in [5, 5.41) is 0.935. The summed E-state index contributed by atoms with van der Waals surface area (Å²) in [4.78, 5) is 18.0. The normalized spacial score (nSPS) is 15.3. The number of carbonyl (C=O) groups is 1. The Morgan fingerprint density at radius 3 is 2.80 bits per heavy atom. The molecule has 0 unspecified atom stereocenters. The van der Waals surface area contributed by atoms with Gasteiger partial charge in [0.2, 0.25) is 0 Å². The van der Waals surface area contributed by atoms with Gasteiger partial charge in [-0.25, -0.2) is 4.98 Å². The highest BCUT2D eigenvalue weighted by Gasteiger charge is 2.17. The molecule has 1 aromatic heterocycles. The molecule has 2 aromatic rings. The van der Waals surface area contributed by atoms with Crippen LogP contribution in [0, 0.1) is 0 Å². The fourth-order valence-corrected chi connectivity index (χ4v) is 2.40. The highest BCUT2D eigenvalue weighted by molar-refractivity contribution is 5.92. The first kappa shape index (κ1) is 12.9. The Morgan fingerprint density at radius 1 is 1.30 bits per heavy atom. The molecule has 20 heavy (non-hydrogen) atoms. The van der Waals surface area contributed by atoms with Gasteiger partial charge >= 0.3 is 0 Å². The maximum absolute atomic E-state index is 11.3. The molecule has 5 heteroatoms. The maximum atomic E-state index is 11.3. The first-order valence-electron chi connectivity index (χ1n) is 6.58. The molecule has 1 aliphatic rings. The quantitative estimate of drug-likeness (QED) is 0.799. The molecule has 1 aromatic carbocycles. The third-order valence-corrected chi connectivity index (χ3v) is 3.47. The van der Waals surface area contributed by atoms with Crippen molar-refractivity contribution in [1.29, 1.82) is 0 Å². The lowest BCUT2D eigenvalue weighted by molar-refractivity contribution is 0.111. The van der Waals surface area contributed by atoms with Crippen LogP contribution in [0.4, 0.5) is 5.82 Å². The number of pyridine rings is 1. The number of aromatic nitrogens is 1. The topological polar surface area (TPSA) is 51.7 Å². The highest BCUT2D eigenvalue weighted by atomic mass is 16.5. The third-order valence-electron chi connectivity index (χ3n) is 3.47. The summed E-state index contributed by atoms with van der Waals surface area (Å²) in [5.74, 6) is 1.49. The van der Waals surface area contributed by atoms with E-state index >= 15 is 0 Å². The van der Waals surface area contributed by atoms with Crippen molar-refractivity contribution >= 4 is 23.0 Å². The lowest BCUT2D eigenvalue weighted by Gasteiger charge is -2.28. The zero-order valence-electron chi connectivity index (χ0n) is 11.3. The minimum atomic E-state index is 0.615. The number of methoxy groups -OCH3 is 1. The van der Waals surface area contributed by atoms with E-state index in [2.05, 4.69) is 9.88 Å². The predicted octanol–water partition coefficient (Wildman–Crippen LogP) is 1.89. The van der Waals surface area contributed by atoms with Gasteiger partial charge in [-0.1, -0.05) is 0 Å². The van der Waals surface area contributed by atoms with Crippen molar-refractivity contribution in [3.63, 3.8) is 0 Å². The van der Waals surface area contributed by atoms with Gasteiger partial charge in [-0.2, -0.15) is 0 Å². The van der Waals surface area contributed by atoms with E-state index in [9.17, 15) is 4.79 Å². The summed E-state index contributed by atoms with van der Waals surface area (Å²) in [6.45, 7) is 2.83. The summed E-state index contributed by atoms with van der Waals surface area (Å²) in [6.07, 6.45) is 0.863. The molecule has 2 heterocycles. The molecule has 104 valence electrons. The summed E-state index contributed by atoms with van der Waals surface area (Å²) in [6, 6.07) is 7.54. The van der Waals surface area contributed by atoms with Crippen LogP contribution >= 0.6 is 0 Å². The smallest absolute Gasteiger partial charge is 0.153 e. The molecule has 1 aliphatic heterocycles. The van der Waals surface area contributed by atoms with Crippen LogP contribution in [0.5, 0.6) is 5.75 Å². The van der Waals surface area contributed by atoms with Gasteiger partial charge in [-0.3, -0.25) is 4.79 Å². The van der Waals surface area contributed by atoms with Crippen molar-refractivity contribution in [2.45, 2.75) is 0 Å². The van der Waals surface area contributed by atoms with Crippen LogP contribution < -0.4 is 9.64 Å². The Kier molecular flexibility index (Phi) is 3.52. The molecule has 0 radical (unpaired) electrons. The van der Waals surface area contributed by atoms with Crippen molar-refractivity contribution in [2.24, 2.45) is 0 Å². The number of carbonyl (C=O) groups excluding carboxylic acids is 1. The Labute approximate surface area is 117 Å². The number of aldehydes is 1. The van der Waals surface area contributed by atoms with E-state index < -0.39 is 0 Å². The second-order valence-electron chi connectivity index (χ2n) is 4.68.